The highest BCUT2D eigenvalue weighted by atomic mass is 19.1. The van der Waals surface area contributed by atoms with E-state index in [1.807, 2.05) is 4.90 Å². The molecule has 1 fully saturated rings. The second kappa shape index (κ2) is 9.99. The third-order valence-electron chi connectivity index (χ3n) is 5.55. The van der Waals surface area contributed by atoms with E-state index in [0.29, 0.717) is 25.1 Å². The van der Waals surface area contributed by atoms with Gasteiger partial charge in [0.25, 0.3) is 0 Å². The third kappa shape index (κ3) is 4.98. The largest absolute Gasteiger partial charge is 0.397 e. The van der Waals surface area contributed by atoms with E-state index in [2.05, 4.69) is 9.97 Å². The number of carbonyl (C=O) groups excluding carboxylic acids is 1. The quantitative estimate of drug-likeness (QED) is 0.563. The summed E-state index contributed by atoms with van der Waals surface area (Å²) in [5.41, 5.74) is 12.8. The Hall–Kier alpha value is -3.46. The first kappa shape index (κ1) is 24.2. The maximum atomic E-state index is 14.2. The van der Waals surface area contributed by atoms with Gasteiger partial charge in [0, 0.05) is 43.2 Å². The van der Waals surface area contributed by atoms with Gasteiger partial charge in [-0.15, -0.1) is 0 Å². The van der Waals surface area contributed by atoms with E-state index >= 15 is 0 Å². The predicted molar refractivity (Wildman–Crippen MR) is 123 cm³/mol. The van der Waals surface area contributed by atoms with E-state index in [1.165, 1.54) is 18.2 Å². The molecule has 9 heteroatoms. The topological polar surface area (TPSA) is 98.1 Å². The smallest absolute Gasteiger partial charge is 0.187 e. The highest BCUT2D eigenvalue weighted by Gasteiger charge is 2.28. The molecule has 0 spiro atoms. The van der Waals surface area contributed by atoms with Gasteiger partial charge in [-0.3, -0.25) is 9.78 Å². The number of hydrogen-bond donors (Lipinski definition) is 2. The van der Waals surface area contributed by atoms with Crippen LogP contribution in [0.1, 0.15) is 29.9 Å². The number of pyridine rings is 2. The predicted octanol–water partition coefficient (Wildman–Crippen LogP) is 3.94. The highest BCUT2D eigenvalue weighted by Crippen LogP contribution is 2.28. The number of piperidine rings is 1. The molecule has 0 aliphatic carbocycles. The maximum absolute atomic E-state index is 14.2. The molecule has 0 radical (unpaired) electrons. The SMILES string of the molecule is C.Nc1ccc(-c2c(F)cccc2F)nc1C(=O)Cc1cnccc1N1CC[C@H](F)[C@@H](N)C1. The third-order valence-corrected chi connectivity index (χ3v) is 5.55. The Labute approximate surface area is 190 Å². The van der Waals surface area contributed by atoms with Crippen LogP contribution in [0.2, 0.25) is 0 Å². The van der Waals surface area contributed by atoms with Gasteiger partial charge in [-0.25, -0.2) is 18.2 Å². The number of aromatic nitrogens is 2. The molecule has 1 aromatic carbocycles. The van der Waals surface area contributed by atoms with Crippen molar-refractivity contribution in [3.63, 3.8) is 0 Å². The average molecular weight is 458 g/mol. The Morgan fingerprint density at radius 1 is 1.15 bits per heavy atom. The number of carbonyl (C=O) groups is 1. The second-order valence-corrected chi connectivity index (χ2v) is 7.75. The van der Waals surface area contributed by atoms with Crippen molar-refractivity contribution in [2.45, 2.75) is 32.5 Å². The monoisotopic (exact) mass is 457 g/mol. The van der Waals surface area contributed by atoms with E-state index in [1.54, 1.807) is 18.5 Å². The Kier molecular flexibility index (Phi) is 7.33. The summed E-state index contributed by atoms with van der Waals surface area (Å²) in [5.74, 6) is -2.01. The number of hydrogen-bond acceptors (Lipinski definition) is 6. The number of anilines is 2. The van der Waals surface area contributed by atoms with Crippen LogP contribution < -0.4 is 16.4 Å². The van der Waals surface area contributed by atoms with Crippen LogP contribution in [0.15, 0.2) is 48.8 Å². The Morgan fingerprint density at radius 3 is 2.58 bits per heavy atom. The number of alkyl halides is 1. The van der Waals surface area contributed by atoms with Gasteiger partial charge in [-0.05, 0) is 36.8 Å². The van der Waals surface area contributed by atoms with Gasteiger partial charge >= 0.3 is 0 Å². The molecule has 1 aliphatic heterocycles. The summed E-state index contributed by atoms with van der Waals surface area (Å²) in [4.78, 5) is 23.3. The van der Waals surface area contributed by atoms with Crippen molar-refractivity contribution < 1.29 is 18.0 Å². The van der Waals surface area contributed by atoms with Crippen LogP contribution in [0, 0.1) is 11.6 Å². The van der Waals surface area contributed by atoms with Gasteiger partial charge in [0.2, 0.25) is 0 Å². The lowest BCUT2D eigenvalue weighted by molar-refractivity contribution is 0.0989. The Bertz CT molecular complexity index is 1140. The van der Waals surface area contributed by atoms with Gasteiger partial charge in [-0.2, -0.15) is 0 Å². The fourth-order valence-electron chi connectivity index (χ4n) is 3.87. The lowest BCUT2D eigenvalue weighted by Gasteiger charge is -2.35. The van der Waals surface area contributed by atoms with Crippen molar-refractivity contribution in [1.29, 1.82) is 0 Å². The summed E-state index contributed by atoms with van der Waals surface area (Å²) < 4.78 is 42.2. The van der Waals surface area contributed by atoms with Crippen molar-refractivity contribution in [2.75, 3.05) is 23.7 Å². The van der Waals surface area contributed by atoms with Crippen molar-refractivity contribution >= 4 is 17.2 Å². The molecule has 0 unspecified atom stereocenters. The first-order chi connectivity index (χ1) is 15.3. The van der Waals surface area contributed by atoms with E-state index in [9.17, 15) is 18.0 Å². The summed E-state index contributed by atoms with van der Waals surface area (Å²) in [6.45, 7) is 0.775. The molecule has 0 bridgehead atoms. The average Bonchev–Trinajstić information content (AvgIpc) is 2.77. The number of rotatable bonds is 5. The summed E-state index contributed by atoms with van der Waals surface area (Å²) >= 11 is 0. The first-order valence-electron chi connectivity index (χ1n) is 10.2. The lowest BCUT2D eigenvalue weighted by Crippen LogP contribution is -2.50. The van der Waals surface area contributed by atoms with Crippen molar-refractivity contribution in [3.05, 3.63) is 71.7 Å². The fourth-order valence-corrected chi connectivity index (χ4v) is 3.87. The normalized spacial score (nSPS) is 18.0. The molecule has 3 heterocycles. The summed E-state index contributed by atoms with van der Waals surface area (Å²) in [5, 5.41) is 0. The van der Waals surface area contributed by atoms with Gasteiger partial charge in [0.15, 0.2) is 5.78 Å². The van der Waals surface area contributed by atoms with Crippen molar-refractivity contribution in [1.82, 2.24) is 9.97 Å². The van der Waals surface area contributed by atoms with Crippen molar-refractivity contribution in [3.8, 4) is 11.3 Å². The number of benzene rings is 1. The zero-order chi connectivity index (χ0) is 22.8. The molecule has 0 saturated carbocycles. The number of ketones is 1. The number of nitrogens with two attached hydrogens (primary N) is 2. The number of halogens is 3. The minimum atomic E-state index is -1.07. The van der Waals surface area contributed by atoms with Crippen LogP contribution in [-0.2, 0) is 6.42 Å². The van der Waals surface area contributed by atoms with Crippen LogP contribution in [0.3, 0.4) is 0 Å². The molecular formula is C24H26F3N5O. The molecule has 0 amide bonds. The zero-order valence-electron chi connectivity index (χ0n) is 17.1. The molecule has 33 heavy (non-hydrogen) atoms. The minimum Gasteiger partial charge on any atom is -0.397 e. The lowest BCUT2D eigenvalue weighted by atomic mass is 10.0. The van der Waals surface area contributed by atoms with Gasteiger partial charge in [-0.1, -0.05) is 13.5 Å². The van der Waals surface area contributed by atoms with E-state index in [-0.39, 0.29) is 36.5 Å². The summed E-state index contributed by atoms with van der Waals surface area (Å²) in [7, 11) is 0. The molecule has 174 valence electrons. The van der Waals surface area contributed by atoms with Crippen LogP contribution >= 0.6 is 0 Å². The fraction of sp³-hybridized carbons (Fsp3) is 0.292. The van der Waals surface area contributed by atoms with E-state index < -0.39 is 29.6 Å². The van der Waals surface area contributed by atoms with E-state index in [0.717, 1.165) is 17.8 Å². The molecule has 6 nitrogen and oxygen atoms in total. The molecule has 2 aromatic heterocycles. The number of nitrogen functional groups attached to an aromatic ring is 1. The molecule has 4 rings (SSSR count). The molecule has 4 N–H and O–H groups in total. The zero-order valence-corrected chi connectivity index (χ0v) is 17.1. The molecule has 1 aliphatic rings. The maximum Gasteiger partial charge on any atom is 0.187 e. The Balaban J connectivity index is 0.00000306. The molecule has 3 aromatic rings. The van der Waals surface area contributed by atoms with Crippen molar-refractivity contribution in [2.24, 2.45) is 5.73 Å². The highest BCUT2D eigenvalue weighted by molar-refractivity contribution is 6.01. The molecular weight excluding hydrogens is 431 g/mol. The van der Waals surface area contributed by atoms with Gasteiger partial charge < -0.3 is 16.4 Å². The Morgan fingerprint density at radius 2 is 1.88 bits per heavy atom. The van der Waals surface area contributed by atoms with Gasteiger partial charge in [0.1, 0.15) is 23.5 Å². The van der Waals surface area contributed by atoms with Crippen LogP contribution in [0.25, 0.3) is 11.3 Å². The standard InChI is InChI=1S/C23H22F3N5O.CH4/c24-14-7-9-31(12-18(14)28)20-6-8-29-11-13(20)10-21(32)23-17(27)4-5-19(30-23)22-15(25)2-1-3-16(22)26;/h1-6,8,11,14,18H,7,9-10,12,27-28H2;1H4/t14-,18-;/m0./s1. The van der Waals surface area contributed by atoms with Gasteiger partial charge in [0.05, 0.1) is 23.0 Å². The molecule has 1 saturated heterocycles. The summed E-state index contributed by atoms with van der Waals surface area (Å²) in [6.07, 6.45) is 2.28. The first-order valence-corrected chi connectivity index (χ1v) is 10.2. The van der Waals surface area contributed by atoms with Crippen LogP contribution in [0.4, 0.5) is 24.5 Å². The number of nitrogens with zero attached hydrogens (tertiary/aromatic N) is 3. The minimum absolute atomic E-state index is 0. The molecule has 2 atom stereocenters. The van der Waals surface area contributed by atoms with Crippen LogP contribution in [-0.4, -0.2) is 41.1 Å². The van der Waals surface area contributed by atoms with E-state index in [4.69, 9.17) is 11.5 Å². The van der Waals surface area contributed by atoms with Crippen LogP contribution in [0.5, 0.6) is 0 Å². The second-order valence-electron chi connectivity index (χ2n) is 7.75. The number of Topliss-reactive ketones (excluding diaryl/α,β-unsaturated/α-hetero) is 1. The summed E-state index contributed by atoms with van der Waals surface area (Å²) in [6, 6.07) is 7.37.